The molecule has 7 heteroatoms. The fraction of sp³-hybridized carbons (Fsp3) is 0.917. The molecule has 7 nitrogen and oxygen atoms in total. The maximum Gasteiger partial charge on any atom is 0.330 e. The molecular formula is C24H44N2O5. The van der Waals surface area contributed by atoms with Gasteiger partial charge in [-0.1, -0.05) is 26.7 Å². The van der Waals surface area contributed by atoms with E-state index in [0.29, 0.717) is 19.3 Å². The van der Waals surface area contributed by atoms with E-state index in [2.05, 4.69) is 13.8 Å². The minimum absolute atomic E-state index is 0.127. The van der Waals surface area contributed by atoms with Crippen molar-refractivity contribution in [3.63, 3.8) is 0 Å². The first-order chi connectivity index (χ1) is 14.6. The van der Waals surface area contributed by atoms with Gasteiger partial charge >= 0.3 is 11.9 Å². The van der Waals surface area contributed by atoms with Crippen LogP contribution in [-0.4, -0.2) is 59.5 Å². The summed E-state index contributed by atoms with van der Waals surface area (Å²) >= 11 is 0. The second-order valence-electron chi connectivity index (χ2n) is 10.8. The van der Waals surface area contributed by atoms with Crippen molar-refractivity contribution in [1.29, 1.82) is 0 Å². The highest BCUT2D eigenvalue weighted by atomic mass is 16.7. The third-order valence-corrected chi connectivity index (χ3v) is 6.39. The molecule has 31 heavy (non-hydrogen) atoms. The summed E-state index contributed by atoms with van der Waals surface area (Å²) in [7, 11) is 0. The molecule has 2 aliphatic rings. The normalized spacial score (nSPS) is 20.3. The summed E-state index contributed by atoms with van der Waals surface area (Å²) in [6, 6.07) is 0. The average Bonchev–Trinajstić information content (AvgIpc) is 2.68. The lowest BCUT2D eigenvalue weighted by Gasteiger charge is -2.33. The molecule has 2 fully saturated rings. The van der Waals surface area contributed by atoms with Crippen LogP contribution in [0.3, 0.4) is 0 Å². The molecule has 2 aliphatic heterocycles. The van der Waals surface area contributed by atoms with Crippen LogP contribution in [0.15, 0.2) is 0 Å². The van der Waals surface area contributed by atoms with Crippen LogP contribution >= 0.6 is 0 Å². The van der Waals surface area contributed by atoms with Crippen molar-refractivity contribution in [3.8, 4) is 0 Å². The van der Waals surface area contributed by atoms with Crippen molar-refractivity contribution < 1.29 is 24.4 Å². The Kier molecular flexibility index (Phi) is 10.2. The standard InChI is InChI=1S/C24H44N2O5/c1-23(2,13-11-12-21(28)30-25-14-7-5-8-15-25)18-20(27)19-24(3,4)22(29)31-26-16-9-6-10-17-26/h20,27H,5-19H2,1-4H3. The summed E-state index contributed by atoms with van der Waals surface area (Å²) in [6.07, 6.45) is 8.94. The Morgan fingerprint density at radius 2 is 1.35 bits per heavy atom. The van der Waals surface area contributed by atoms with Crippen molar-refractivity contribution in [1.82, 2.24) is 10.1 Å². The van der Waals surface area contributed by atoms with Crippen molar-refractivity contribution in [2.24, 2.45) is 10.8 Å². The zero-order valence-corrected chi connectivity index (χ0v) is 20.2. The van der Waals surface area contributed by atoms with Crippen LogP contribution in [0.4, 0.5) is 0 Å². The topological polar surface area (TPSA) is 79.3 Å². The molecule has 0 amide bonds. The molecule has 0 saturated carbocycles. The van der Waals surface area contributed by atoms with Crippen LogP contribution in [0.2, 0.25) is 0 Å². The summed E-state index contributed by atoms with van der Waals surface area (Å²) < 4.78 is 0. The summed E-state index contributed by atoms with van der Waals surface area (Å²) in [4.78, 5) is 35.7. The van der Waals surface area contributed by atoms with Gasteiger partial charge in [0.05, 0.1) is 11.5 Å². The van der Waals surface area contributed by atoms with Crippen molar-refractivity contribution in [2.45, 2.75) is 104 Å². The maximum absolute atomic E-state index is 12.6. The number of rotatable bonds is 11. The first kappa shape index (κ1) is 26.1. The van der Waals surface area contributed by atoms with E-state index in [9.17, 15) is 14.7 Å². The second kappa shape index (κ2) is 12.2. The zero-order valence-electron chi connectivity index (χ0n) is 20.2. The molecule has 0 aromatic carbocycles. The van der Waals surface area contributed by atoms with Gasteiger partial charge in [-0.15, -0.1) is 10.1 Å². The number of hydrogen-bond acceptors (Lipinski definition) is 7. The largest absolute Gasteiger partial charge is 0.393 e. The molecule has 1 N–H and O–H groups in total. The number of hydrogen-bond donors (Lipinski definition) is 1. The summed E-state index contributed by atoms with van der Waals surface area (Å²) in [5.74, 6) is -0.438. The fourth-order valence-corrected chi connectivity index (χ4v) is 4.54. The van der Waals surface area contributed by atoms with E-state index in [0.717, 1.165) is 64.7 Å². The van der Waals surface area contributed by atoms with Gasteiger partial charge in [0.1, 0.15) is 0 Å². The number of piperidine rings is 2. The van der Waals surface area contributed by atoms with Gasteiger partial charge in [0.2, 0.25) is 0 Å². The highest BCUT2D eigenvalue weighted by Gasteiger charge is 2.35. The summed E-state index contributed by atoms with van der Waals surface area (Å²) in [5, 5.41) is 14.2. The molecule has 0 aliphatic carbocycles. The number of carbonyl (C=O) groups is 2. The molecule has 2 saturated heterocycles. The van der Waals surface area contributed by atoms with Gasteiger partial charge in [-0.05, 0) is 70.6 Å². The zero-order chi connectivity index (χ0) is 22.9. The van der Waals surface area contributed by atoms with Crippen LogP contribution < -0.4 is 0 Å². The number of carbonyl (C=O) groups excluding carboxylic acids is 2. The quantitative estimate of drug-likeness (QED) is 0.515. The Morgan fingerprint density at radius 3 is 1.90 bits per heavy atom. The molecule has 1 unspecified atom stereocenters. The maximum atomic E-state index is 12.6. The first-order valence-electron chi connectivity index (χ1n) is 12.2. The molecule has 0 radical (unpaired) electrons. The van der Waals surface area contributed by atoms with E-state index in [-0.39, 0.29) is 17.4 Å². The Bertz CT molecular complexity index is 566. The minimum Gasteiger partial charge on any atom is -0.393 e. The average molecular weight is 441 g/mol. The lowest BCUT2D eigenvalue weighted by Crippen LogP contribution is -2.39. The van der Waals surface area contributed by atoms with Gasteiger partial charge < -0.3 is 14.8 Å². The predicted molar refractivity (Wildman–Crippen MR) is 120 cm³/mol. The minimum atomic E-state index is -0.745. The van der Waals surface area contributed by atoms with Crippen molar-refractivity contribution in [2.75, 3.05) is 26.2 Å². The summed E-state index contributed by atoms with van der Waals surface area (Å²) in [6.45, 7) is 11.1. The lowest BCUT2D eigenvalue weighted by molar-refractivity contribution is -0.206. The van der Waals surface area contributed by atoms with E-state index in [1.54, 1.807) is 10.1 Å². The molecule has 0 aromatic rings. The van der Waals surface area contributed by atoms with E-state index in [4.69, 9.17) is 9.68 Å². The number of nitrogens with zero attached hydrogens (tertiary/aromatic N) is 2. The number of aliphatic hydroxyl groups is 1. The van der Waals surface area contributed by atoms with E-state index in [1.807, 2.05) is 13.8 Å². The van der Waals surface area contributed by atoms with Gasteiger partial charge in [-0.3, -0.25) is 4.79 Å². The van der Waals surface area contributed by atoms with Gasteiger partial charge in [0.25, 0.3) is 0 Å². The SMILES string of the molecule is CC(C)(CCCC(=O)ON1CCCCC1)CC(O)CC(C)(C)C(=O)ON1CCCCC1. The van der Waals surface area contributed by atoms with E-state index < -0.39 is 11.5 Å². The third kappa shape index (κ3) is 9.87. The Hall–Kier alpha value is -1.18. The van der Waals surface area contributed by atoms with Gasteiger partial charge in [-0.25, -0.2) is 4.79 Å². The van der Waals surface area contributed by atoms with Crippen LogP contribution in [0.1, 0.15) is 98.3 Å². The molecule has 0 bridgehead atoms. The van der Waals surface area contributed by atoms with Gasteiger partial charge in [0.15, 0.2) is 0 Å². The fourth-order valence-electron chi connectivity index (χ4n) is 4.54. The molecule has 1 atom stereocenters. The Balaban J connectivity index is 1.68. The third-order valence-electron chi connectivity index (χ3n) is 6.39. The van der Waals surface area contributed by atoms with E-state index in [1.165, 1.54) is 12.8 Å². The number of hydroxylamine groups is 4. The molecule has 0 aromatic heterocycles. The van der Waals surface area contributed by atoms with Crippen LogP contribution in [0, 0.1) is 10.8 Å². The van der Waals surface area contributed by atoms with E-state index >= 15 is 0 Å². The monoisotopic (exact) mass is 440 g/mol. The van der Waals surface area contributed by atoms with Gasteiger partial charge in [0, 0.05) is 32.6 Å². The molecule has 2 heterocycles. The molecule has 0 spiro atoms. The van der Waals surface area contributed by atoms with Crippen LogP contribution in [0.25, 0.3) is 0 Å². The molecule has 2 rings (SSSR count). The Morgan fingerprint density at radius 1 is 0.839 bits per heavy atom. The Labute approximate surface area is 188 Å². The van der Waals surface area contributed by atoms with Gasteiger partial charge in [-0.2, -0.15) is 0 Å². The highest BCUT2D eigenvalue weighted by Crippen LogP contribution is 2.34. The van der Waals surface area contributed by atoms with Crippen molar-refractivity contribution >= 4 is 11.9 Å². The van der Waals surface area contributed by atoms with Crippen molar-refractivity contribution in [3.05, 3.63) is 0 Å². The van der Waals surface area contributed by atoms with Crippen LogP contribution in [-0.2, 0) is 19.3 Å². The summed E-state index contributed by atoms with van der Waals surface area (Å²) in [5.41, 5.74) is -0.872. The smallest absolute Gasteiger partial charge is 0.330 e. The predicted octanol–water partition coefficient (Wildman–Crippen LogP) is 4.24. The second-order valence-corrected chi connectivity index (χ2v) is 10.8. The molecule has 180 valence electrons. The molecular weight excluding hydrogens is 396 g/mol. The number of aliphatic hydroxyl groups excluding tert-OH is 1. The first-order valence-corrected chi connectivity index (χ1v) is 12.2. The highest BCUT2D eigenvalue weighted by molar-refractivity contribution is 5.75. The lowest BCUT2D eigenvalue weighted by atomic mass is 9.77. The van der Waals surface area contributed by atoms with Crippen LogP contribution in [0.5, 0.6) is 0 Å².